The van der Waals surface area contributed by atoms with Crippen molar-refractivity contribution in [2.75, 3.05) is 0 Å². The summed E-state index contributed by atoms with van der Waals surface area (Å²) in [4.78, 5) is 0. The minimum Gasteiger partial charge on any atom is 0 e. The fourth-order valence-electron chi connectivity index (χ4n) is 0. The predicted octanol–water partition coefficient (Wildman–Crippen LogP) is -0.129. The van der Waals surface area contributed by atoms with Gasteiger partial charge >= 0.3 is 23.7 Å². The van der Waals surface area contributed by atoms with Crippen LogP contribution in [-0.4, -0.2) is 0 Å². The zero-order valence-electron chi connectivity index (χ0n) is 2.30. The minimum absolute atomic E-state index is 0. The minimum atomic E-state index is 0. The zero-order chi connectivity index (χ0) is 2.00. The number of rotatable bonds is 0. The molecule has 1 nitrogen and oxygen atoms in total. The van der Waals surface area contributed by atoms with Crippen LogP contribution < -0.4 is 0 Å². The van der Waals surface area contributed by atoms with E-state index in [-0.39, 0.29) is 71.0 Å². The second-order valence-corrected chi connectivity index (χ2v) is 0. The van der Waals surface area contributed by atoms with Gasteiger partial charge in [-0.1, -0.05) is 0 Å². The molecule has 0 saturated heterocycles. The summed E-state index contributed by atoms with van der Waals surface area (Å²) in [5, 5.41) is 0. The van der Waals surface area contributed by atoms with E-state index in [4.69, 9.17) is 3.32 Å². The van der Waals surface area contributed by atoms with Crippen LogP contribution in [0.1, 0.15) is 0 Å². The molecule has 0 fully saturated rings. The molecule has 0 aromatic heterocycles. The van der Waals surface area contributed by atoms with Crippen molar-refractivity contribution in [1.29, 1.82) is 0 Å². The molecule has 0 aliphatic rings. The van der Waals surface area contributed by atoms with Crippen LogP contribution in [0.25, 0.3) is 0 Å². The first-order chi connectivity index (χ1) is 1.00. The van der Waals surface area contributed by atoms with Crippen molar-refractivity contribution in [1.82, 2.24) is 0 Å². The van der Waals surface area contributed by atoms with E-state index in [1.165, 1.54) is 0 Å². The van der Waals surface area contributed by atoms with Crippen LogP contribution in [0.15, 0.2) is 0 Å². The Labute approximate surface area is 92.9 Å². The molecular weight excluding hydrogens is 429 g/mol. The van der Waals surface area contributed by atoms with E-state index in [1.54, 1.807) is 0 Å². The molecule has 0 saturated carbocycles. The van der Waals surface area contributed by atoms with Gasteiger partial charge in [-0.3, -0.25) is 0 Å². The third kappa shape index (κ3) is 19.8. The van der Waals surface area contributed by atoms with Crippen LogP contribution in [0.5, 0.6) is 0 Å². The molecule has 5 heteroatoms. The molecule has 0 heterocycles. The van der Waals surface area contributed by atoms with Gasteiger partial charge < -0.3 is 0 Å². The quantitative estimate of drug-likeness (QED) is 0.491. The van der Waals surface area contributed by atoms with E-state index in [1.807, 2.05) is 0 Å². The molecule has 0 spiro atoms. The molecule has 5 heavy (non-hydrogen) atoms. The Bertz CT molecular complexity index is 11.6. The summed E-state index contributed by atoms with van der Waals surface area (Å²) in [6.45, 7) is 0. The Morgan fingerprint density at radius 2 is 1.20 bits per heavy atom. The van der Waals surface area contributed by atoms with Gasteiger partial charge in [-0.15, -0.1) is 0 Å². The number of hydrogen-bond donors (Lipinski definition) is 0. The van der Waals surface area contributed by atoms with Crippen molar-refractivity contribution in [2.24, 2.45) is 0 Å². The second kappa shape index (κ2) is 28.7. The van der Waals surface area contributed by atoms with Gasteiger partial charge in [0.05, 0.1) is 0 Å². The fourth-order valence-corrected chi connectivity index (χ4v) is 0. The van der Waals surface area contributed by atoms with Crippen molar-refractivity contribution in [2.45, 2.75) is 0 Å². The van der Waals surface area contributed by atoms with Gasteiger partial charge in [-0.05, 0) is 0 Å². The van der Waals surface area contributed by atoms with Crippen molar-refractivity contribution in [3.8, 4) is 0 Å². The summed E-state index contributed by atoms with van der Waals surface area (Å²) < 4.78 is 8.25. The molecule has 2 radical (unpaired) electrons. The first-order valence-electron chi connectivity index (χ1n) is 0.204. The van der Waals surface area contributed by atoms with E-state index in [0.717, 1.165) is 20.4 Å². The van der Waals surface area contributed by atoms with Crippen LogP contribution in [0.4, 0.5) is 0 Å². The van der Waals surface area contributed by atoms with Crippen molar-refractivity contribution in [3.63, 3.8) is 0 Å². The Kier molecular flexibility index (Phi) is 142. The first kappa shape index (κ1) is 24.8. The normalized spacial score (nSPS) is 0.600. The monoisotopic (exact) mass is 428 g/mol. The molecule has 0 atom stereocenters. The summed E-state index contributed by atoms with van der Waals surface area (Å²) >= 11 is 0.750. The molecule has 0 aliphatic carbocycles. The van der Waals surface area contributed by atoms with Gasteiger partial charge in [0.2, 0.25) is 0 Å². The molecule has 0 rings (SSSR count). The predicted molar refractivity (Wildman–Crippen MR) is 0.686 cm³/mol. The summed E-state index contributed by atoms with van der Waals surface area (Å²) in [5.74, 6) is 0. The van der Waals surface area contributed by atoms with Crippen LogP contribution in [0.2, 0.25) is 0 Å². The molecule has 0 unspecified atom stereocenters. The molecule has 24 valence electrons. The summed E-state index contributed by atoms with van der Waals surface area (Å²) in [5.41, 5.74) is 0. The van der Waals surface area contributed by atoms with E-state index >= 15 is 0 Å². The third-order valence-corrected chi connectivity index (χ3v) is 0. The first-order valence-corrected chi connectivity index (χ1v) is 0.842. The van der Waals surface area contributed by atoms with Gasteiger partial charge in [-0.2, -0.15) is 0 Å². The topological polar surface area (TPSA) is 17.1 Å². The second-order valence-electron chi connectivity index (χ2n) is 0. The Hall–Kier alpha value is 2.88. The summed E-state index contributed by atoms with van der Waals surface area (Å²) in [6.07, 6.45) is 0. The van der Waals surface area contributed by atoms with E-state index in [0.29, 0.717) is 0 Å². The fraction of sp³-hybridized carbons (Fsp3) is 0. The molecule has 0 amide bonds. The van der Waals surface area contributed by atoms with Gasteiger partial charge in [-0.25, -0.2) is 0 Å². The maximum atomic E-state index is 8.25. The smallest absolute Gasteiger partial charge is 0 e. The van der Waals surface area contributed by atoms with Crippen molar-refractivity contribution >= 4 is 0 Å². The van der Waals surface area contributed by atoms with E-state index in [2.05, 4.69) is 0 Å². The van der Waals surface area contributed by atoms with Gasteiger partial charge in [0, 0.05) is 71.0 Å². The van der Waals surface area contributed by atoms with Crippen molar-refractivity contribution in [3.05, 3.63) is 0 Å². The molecule has 0 aromatic rings. The van der Waals surface area contributed by atoms with Crippen LogP contribution in [-0.2, 0) is 94.7 Å². The average molecular weight is 429 g/mol. The van der Waals surface area contributed by atoms with E-state index < -0.39 is 0 Å². The largest absolute Gasteiger partial charge is 0 e. The Balaban J connectivity index is -0.00000000167. The van der Waals surface area contributed by atoms with Gasteiger partial charge in [0.1, 0.15) is 0 Å². The van der Waals surface area contributed by atoms with Crippen molar-refractivity contribution < 1.29 is 94.7 Å². The third-order valence-electron chi connectivity index (χ3n) is 0. The summed E-state index contributed by atoms with van der Waals surface area (Å²) in [7, 11) is 0. The average Bonchev–Trinajstić information content (AvgIpc) is 1.00. The molecule has 0 aromatic carbocycles. The Morgan fingerprint density at radius 1 is 1.20 bits per heavy atom. The van der Waals surface area contributed by atoms with E-state index in [9.17, 15) is 0 Å². The van der Waals surface area contributed by atoms with Gasteiger partial charge in [0.15, 0.2) is 0 Å². The summed E-state index contributed by atoms with van der Waals surface area (Å²) in [6, 6.07) is 0. The van der Waals surface area contributed by atoms with Crippen LogP contribution >= 0.6 is 0 Å². The number of hydrogen-bond acceptors (Lipinski definition) is 1. The molecule has 0 N–H and O–H groups in total. The molecular formula is NbOTaTiZr. The SMILES string of the molecule is [Nb].[O]=[Ti].[Ta].[Zr]. The maximum Gasteiger partial charge on any atom is 0 e. The zero-order valence-corrected chi connectivity index (χ0v) is 11.7. The molecule has 0 bridgehead atoms. The maximum absolute atomic E-state index is 8.25. The van der Waals surface area contributed by atoms with Crippen LogP contribution in [0.3, 0.4) is 0 Å². The van der Waals surface area contributed by atoms with Gasteiger partial charge in [0.25, 0.3) is 0 Å². The van der Waals surface area contributed by atoms with Crippen LogP contribution in [0, 0.1) is 0 Å². The molecule has 0 aliphatic heterocycles. The standard InChI is InChI=1S/Nb.O.Ta.Ti.Zr. The Morgan fingerprint density at radius 3 is 1.20 bits per heavy atom.